The van der Waals surface area contributed by atoms with Crippen LogP contribution in [0.3, 0.4) is 0 Å². The highest BCUT2D eigenvalue weighted by atomic mass is 32.1. The molecule has 17 heavy (non-hydrogen) atoms. The number of fused-ring (bicyclic) bond motifs is 1. The zero-order chi connectivity index (χ0) is 12.3. The Balaban J connectivity index is 2.07. The second-order valence-electron chi connectivity index (χ2n) is 4.98. The number of nitrogens with two attached hydrogens (primary N) is 1. The number of hydrogen-bond acceptors (Lipinski definition) is 4. The Morgan fingerprint density at radius 2 is 2.41 bits per heavy atom. The van der Waals surface area contributed by atoms with Crippen LogP contribution in [0, 0.1) is 0 Å². The van der Waals surface area contributed by atoms with Gasteiger partial charge in [-0.3, -0.25) is 4.90 Å². The Morgan fingerprint density at radius 1 is 1.59 bits per heavy atom. The van der Waals surface area contributed by atoms with Gasteiger partial charge in [0.1, 0.15) is 0 Å². The highest BCUT2D eigenvalue weighted by Gasteiger charge is 2.32. The predicted molar refractivity (Wildman–Crippen MR) is 72.4 cm³/mol. The van der Waals surface area contributed by atoms with Gasteiger partial charge in [-0.25, -0.2) is 0 Å². The summed E-state index contributed by atoms with van der Waals surface area (Å²) in [5.41, 5.74) is 7.53. The van der Waals surface area contributed by atoms with E-state index in [4.69, 9.17) is 10.5 Å². The molecule has 0 bridgehead atoms. The molecule has 0 saturated carbocycles. The molecule has 0 radical (unpaired) electrons. The van der Waals surface area contributed by atoms with E-state index in [1.807, 2.05) is 11.3 Å². The molecule has 0 fully saturated rings. The molecule has 0 saturated heterocycles. The van der Waals surface area contributed by atoms with Crippen molar-refractivity contribution in [1.82, 2.24) is 4.90 Å². The summed E-state index contributed by atoms with van der Waals surface area (Å²) >= 11 is 1.88. The summed E-state index contributed by atoms with van der Waals surface area (Å²) in [4.78, 5) is 4.06. The van der Waals surface area contributed by atoms with Crippen LogP contribution in [0.5, 0.6) is 0 Å². The molecule has 1 unspecified atom stereocenters. The van der Waals surface area contributed by atoms with Crippen molar-refractivity contribution < 1.29 is 4.74 Å². The lowest BCUT2D eigenvalue weighted by atomic mass is 9.93. The minimum absolute atomic E-state index is 0.0651. The van der Waals surface area contributed by atoms with Gasteiger partial charge in [-0.05, 0) is 36.8 Å². The average Bonchev–Trinajstić information content (AvgIpc) is 2.83. The Morgan fingerprint density at radius 3 is 3.12 bits per heavy atom. The van der Waals surface area contributed by atoms with E-state index >= 15 is 0 Å². The van der Waals surface area contributed by atoms with Crippen molar-refractivity contribution in [2.24, 2.45) is 5.73 Å². The van der Waals surface area contributed by atoms with Crippen LogP contribution in [0.2, 0.25) is 0 Å². The molecule has 1 aliphatic heterocycles. The molecular formula is C13H22N2OS. The van der Waals surface area contributed by atoms with E-state index in [-0.39, 0.29) is 5.54 Å². The first-order chi connectivity index (χ1) is 8.19. The van der Waals surface area contributed by atoms with E-state index < -0.39 is 0 Å². The number of rotatable bonds is 5. The summed E-state index contributed by atoms with van der Waals surface area (Å²) in [5, 5.41) is 2.20. The highest BCUT2D eigenvalue weighted by molar-refractivity contribution is 7.10. The second-order valence-corrected chi connectivity index (χ2v) is 5.99. The lowest BCUT2D eigenvalue weighted by molar-refractivity contribution is 0.0584. The second kappa shape index (κ2) is 5.48. The van der Waals surface area contributed by atoms with Gasteiger partial charge < -0.3 is 10.5 Å². The van der Waals surface area contributed by atoms with Gasteiger partial charge in [-0.2, -0.15) is 0 Å². The smallest absolute Gasteiger partial charge is 0.0480 e. The third-order valence-electron chi connectivity index (χ3n) is 3.86. The highest BCUT2D eigenvalue weighted by Crippen LogP contribution is 2.29. The van der Waals surface area contributed by atoms with Crippen LogP contribution in [0.1, 0.15) is 23.8 Å². The van der Waals surface area contributed by atoms with Gasteiger partial charge in [0.25, 0.3) is 0 Å². The largest absolute Gasteiger partial charge is 0.385 e. The minimum Gasteiger partial charge on any atom is -0.385 e. The number of nitrogens with zero attached hydrogens (tertiary/aromatic N) is 1. The van der Waals surface area contributed by atoms with E-state index in [1.165, 1.54) is 5.56 Å². The van der Waals surface area contributed by atoms with Crippen LogP contribution in [-0.2, 0) is 17.7 Å². The van der Waals surface area contributed by atoms with E-state index in [1.54, 1.807) is 12.0 Å². The van der Waals surface area contributed by atoms with Gasteiger partial charge in [-0.1, -0.05) is 0 Å². The normalized spacial score (nSPS) is 19.9. The summed E-state index contributed by atoms with van der Waals surface area (Å²) in [7, 11) is 1.75. The predicted octanol–water partition coefficient (Wildman–Crippen LogP) is 1.86. The summed E-state index contributed by atoms with van der Waals surface area (Å²) < 4.78 is 5.20. The molecule has 2 rings (SSSR count). The van der Waals surface area contributed by atoms with Crippen molar-refractivity contribution in [3.63, 3.8) is 0 Å². The van der Waals surface area contributed by atoms with Crippen molar-refractivity contribution in [2.75, 3.05) is 26.8 Å². The van der Waals surface area contributed by atoms with Gasteiger partial charge in [0.2, 0.25) is 0 Å². The van der Waals surface area contributed by atoms with Gasteiger partial charge in [-0.15, -0.1) is 11.3 Å². The first-order valence-electron chi connectivity index (χ1n) is 6.19. The summed E-state index contributed by atoms with van der Waals surface area (Å²) in [5.74, 6) is 0. The van der Waals surface area contributed by atoms with Crippen LogP contribution in [0.4, 0.5) is 0 Å². The van der Waals surface area contributed by atoms with Gasteiger partial charge >= 0.3 is 0 Å². The van der Waals surface area contributed by atoms with Crippen molar-refractivity contribution in [1.29, 1.82) is 0 Å². The fourth-order valence-electron chi connectivity index (χ4n) is 2.42. The molecule has 0 amide bonds. The molecule has 3 nitrogen and oxygen atoms in total. The van der Waals surface area contributed by atoms with Crippen LogP contribution in [0.15, 0.2) is 11.4 Å². The van der Waals surface area contributed by atoms with E-state index in [0.29, 0.717) is 6.54 Å². The Labute approximate surface area is 108 Å². The molecular weight excluding hydrogens is 232 g/mol. The standard InChI is InChI=1S/C13H22N2OS/c1-13(10-14,5-7-16-2)15-6-3-12-11(9-15)4-8-17-12/h4,8H,3,5-7,9-10,14H2,1-2H3. The van der Waals surface area contributed by atoms with Gasteiger partial charge in [0, 0.05) is 43.8 Å². The number of methoxy groups -OCH3 is 1. The van der Waals surface area contributed by atoms with Crippen molar-refractivity contribution in [3.8, 4) is 0 Å². The number of thiophene rings is 1. The molecule has 1 atom stereocenters. The quantitative estimate of drug-likeness (QED) is 0.871. The Hall–Kier alpha value is -0.420. The van der Waals surface area contributed by atoms with Gasteiger partial charge in [0.05, 0.1) is 0 Å². The van der Waals surface area contributed by atoms with Crippen LogP contribution < -0.4 is 5.73 Å². The first-order valence-corrected chi connectivity index (χ1v) is 7.07. The lowest BCUT2D eigenvalue weighted by Crippen LogP contribution is -2.53. The number of ether oxygens (including phenoxy) is 1. The zero-order valence-corrected chi connectivity index (χ0v) is 11.6. The van der Waals surface area contributed by atoms with Gasteiger partial charge in [0.15, 0.2) is 0 Å². The van der Waals surface area contributed by atoms with Crippen molar-refractivity contribution in [2.45, 2.75) is 31.8 Å². The fourth-order valence-corrected chi connectivity index (χ4v) is 3.31. The van der Waals surface area contributed by atoms with E-state index in [9.17, 15) is 0 Å². The summed E-state index contributed by atoms with van der Waals surface area (Å²) in [6.07, 6.45) is 2.16. The van der Waals surface area contributed by atoms with Crippen LogP contribution in [-0.4, -0.2) is 37.2 Å². The third kappa shape index (κ3) is 2.71. The monoisotopic (exact) mass is 254 g/mol. The van der Waals surface area contributed by atoms with Crippen LogP contribution >= 0.6 is 11.3 Å². The van der Waals surface area contributed by atoms with E-state index in [0.717, 1.165) is 32.5 Å². The maximum atomic E-state index is 5.98. The third-order valence-corrected chi connectivity index (χ3v) is 4.88. The molecule has 1 aromatic rings. The molecule has 0 spiro atoms. The maximum absolute atomic E-state index is 5.98. The molecule has 4 heteroatoms. The van der Waals surface area contributed by atoms with Crippen LogP contribution in [0.25, 0.3) is 0 Å². The molecule has 1 aromatic heterocycles. The fraction of sp³-hybridized carbons (Fsp3) is 0.692. The zero-order valence-electron chi connectivity index (χ0n) is 10.7. The Kier molecular flexibility index (Phi) is 4.20. The number of hydrogen-bond donors (Lipinski definition) is 1. The first kappa shape index (κ1) is 13.0. The van der Waals surface area contributed by atoms with E-state index in [2.05, 4.69) is 23.3 Å². The lowest BCUT2D eigenvalue weighted by Gasteiger charge is -2.42. The van der Waals surface area contributed by atoms with Crippen molar-refractivity contribution in [3.05, 3.63) is 21.9 Å². The maximum Gasteiger partial charge on any atom is 0.0480 e. The van der Waals surface area contributed by atoms with Crippen molar-refractivity contribution >= 4 is 11.3 Å². The molecule has 0 aliphatic carbocycles. The molecule has 1 aliphatic rings. The molecule has 0 aromatic carbocycles. The summed E-state index contributed by atoms with van der Waals surface area (Å²) in [6, 6.07) is 2.25. The molecule has 2 N–H and O–H groups in total. The topological polar surface area (TPSA) is 38.5 Å². The molecule has 2 heterocycles. The SMILES string of the molecule is COCCC(C)(CN)N1CCc2sccc2C1. The Bertz CT molecular complexity index is 366. The average molecular weight is 254 g/mol. The minimum atomic E-state index is 0.0651. The molecule has 96 valence electrons. The summed E-state index contributed by atoms with van der Waals surface area (Å²) in [6.45, 7) is 5.88.